The Morgan fingerprint density at radius 1 is 1.21 bits per heavy atom. The van der Waals surface area contributed by atoms with Gasteiger partial charge in [-0.25, -0.2) is 0 Å². The molecule has 3 fully saturated rings. The van der Waals surface area contributed by atoms with Crippen molar-refractivity contribution in [3.63, 3.8) is 0 Å². The summed E-state index contributed by atoms with van der Waals surface area (Å²) in [5.74, 6) is 2.04. The molecule has 0 N–H and O–H groups in total. The number of ether oxygens (including phenoxy) is 2. The molecule has 0 unspecified atom stereocenters. The van der Waals surface area contributed by atoms with Gasteiger partial charge in [-0.15, -0.1) is 0 Å². The molecule has 3 aliphatic heterocycles. The number of rotatable bonds is 6. The Morgan fingerprint density at radius 2 is 2.03 bits per heavy atom. The van der Waals surface area contributed by atoms with Crippen LogP contribution in [0.2, 0.25) is 0 Å². The molecule has 0 radical (unpaired) electrons. The highest BCUT2D eigenvalue weighted by atomic mass is 16.5. The van der Waals surface area contributed by atoms with Gasteiger partial charge in [-0.05, 0) is 55.2 Å². The second-order valence-electron chi connectivity index (χ2n) is 8.68. The number of carbonyl (C=O) groups excluding carboxylic acids is 2. The van der Waals surface area contributed by atoms with E-state index >= 15 is 0 Å². The molecule has 29 heavy (non-hydrogen) atoms. The molecule has 6 nitrogen and oxygen atoms in total. The van der Waals surface area contributed by atoms with Gasteiger partial charge in [0, 0.05) is 38.7 Å². The average molecular weight is 401 g/mol. The lowest BCUT2D eigenvalue weighted by Gasteiger charge is -2.56. The fourth-order valence-electron chi connectivity index (χ4n) is 5.63. The van der Waals surface area contributed by atoms with Crippen molar-refractivity contribution in [2.24, 2.45) is 11.8 Å². The van der Waals surface area contributed by atoms with Crippen molar-refractivity contribution in [2.45, 2.75) is 50.6 Å². The van der Waals surface area contributed by atoms with E-state index in [0.29, 0.717) is 37.2 Å². The standard InChI is InChI=1S/C23H32N2O4/c1-28-10-9-22(26)24-14-17-13-18(15-24)21(25-20(17)7-4-8-23(25)27)12-16-5-3-6-19(11-16)29-2/h3,5-6,11,17-18,20-21H,4,7-10,12-15H2,1-2H3/t17-,18+,20+,21+/m1/s1. The molecular formula is C23H32N2O4. The van der Waals surface area contributed by atoms with E-state index in [2.05, 4.69) is 17.0 Å². The molecular weight excluding hydrogens is 368 g/mol. The maximum atomic E-state index is 12.9. The van der Waals surface area contributed by atoms with Gasteiger partial charge < -0.3 is 19.3 Å². The van der Waals surface area contributed by atoms with Crippen LogP contribution in [0, 0.1) is 11.8 Å². The number of likely N-dealkylation sites (tertiary alicyclic amines) is 1. The van der Waals surface area contributed by atoms with Crippen LogP contribution in [0.25, 0.3) is 0 Å². The number of piperidine rings is 3. The van der Waals surface area contributed by atoms with Crippen LogP contribution in [-0.2, 0) is 20.7 Å². The maximum absolute atomic E-state index is 12.9. The Bertz CT molecular complexity index is 752. The van der Waals surface area contributed by atoms with Gasteiger partial charge in [-0.2, -0.15) is 0 Å². The normalized spacial score (nSPS) is 28.8. The second kappa shape index (κ2) is 8.74. The number of hydrogen-bond acceptors (Lipinski definition) is 4. The number of fused-ring (bicyclic) bond motifs is 4. The van der Waals surface area contributed by atoms with Crippen molar-refractivity contribution >= 4 is 11.8 Å². The summed E-state index contributed by atoms with van der Waals surface area (Å²) in [6.45, 7) is 1.98. The lowest BCUT2D eigenvalue weighted by Crippen LogP contribution is -2.66. The molecule has 3 saturated heterocycles. The highest BCUT2D eigenvalue weighted by Crippen LogP contribution is 2.42. The predicted octanol–water partition coefficient (Wildman–Crippen LogP) is 2.50. The Hall–Kier alpha value is -2.08. The molecule has 4 atom stereocenters. The molecule has 158 valence electrons. The number of carbonyl (C=O) groups is 2. The summed E-state index contributed by atoms with van der Waals surface area (Å²) in [4.78, 5) is 29.9. The van der Waals surface area contributed by atoms with Crippen LogP contribution in [0.15, 0.2) is 24.3 Å². The molecule has 0 spiro atoms. The first-order valence-corrected chi connectivity index (χ1v) is 10.8. The first-order chi connectivity index (χ1) is 14.1. The summed E-state index contributed by atoms with van der Waals surface area (Å²) in [5.41, 5.74) is 1.19. The van der Waals surface area contributed by atoms with Crippen LogP contribution in [0.5, 0.6) is 5.75 Å². The number of methoxy groups -OCH3 is 2. The minimum atomic E-state index is 0.147. The lowest BCUT2D eigenvalue weighted by atomic mass is 9.70. The molecule has 3 heterocycles. The molecule has 1 aromatic carbocycles. The van der Waals surface area contributed by atoms with E-state index in [4.69, 9.17) is 9.47 Å². The third kappa shape index (κ3) is 4.13. The Kier molecular flexibility index (Phi) is 6.09. The Labute approximate surface area is 173 Å². The molecule has 0 aromatic heterocycles. The van der Waals surface area contributed by atoms with Crippen molar-refractivity contribution in [3.05, 3.63) is 29.8 Å². The van der Waals surface area contributed by atoms with Crippen LogP contribution in [0.1, 0.15) is 37.7 Å². The predicted molar refractivity (Wildman–Crippen MR) is 110 cm³/mol. The highest BCUT2D eigenvalue weighted by molar-refractivity contribution is 5.79. The summed E-state index contributed by atoms with van der Waals surface area (Å²) < 4.78 is 10.5. The zero-order valence-corrected chi connectivity index (χ0v) is 17.5. The molecule has 0 saturated carbocycles. The summed E-state index contributed by atoms with van der Waals surface area (Å²) in [7, 11) is 3.31. The molecule has 6 heteroatoms. The van der Waals surface area contributed by atoms with Crippen molar-refractivity contribution in [3.8, 4) is 5.75 Å². The van der Waals surface area contributed by atoms with Gasteiger partial charge in [0.1, 0.15) is 5.75 Å². The van der Waals surface area contributed by atoms with Crippen molar-refractivity contribution < 1.29 is 19.1 Å². The van der Waals surface area contributed by atoms with Gasteiger partial charge in [0.2, 0.25) is 11.8 Å². The fraction of sp³-hybridized carbons (Fsp3) is 0.652. The van der Waals surface area contributed by atoms with Gasteiger partial charge in [-0.1, -0.05) is 12.1 Å². The molecule has 4 rings (SSSR count). The summed E-state index contributed by atoms with van der Waals surface area (Å²) in [6.07, 6.45) is 5.03. The lowest BCUT2D eigenvalue weighted by molar-refractivity contribution is -0.156. The van der Waals surface area contributed by atoms with E-state index in [0.717, 1.165) is 44.5 Å². The Balaban J connectivity index is 1.59. The van der Waals surface area contributed by atoms with E-state index in [1.54, 1.807) is 14.2 Å². The molecule has 2 bridgehead atoms. The monoisotopic (exact) mass is 400 g/mol. The SMILES string of the molecule is COCCC(=O)N1C[C@H]2C[C@@H](C1)[C@H](Cc1cccc(OC)c1)N1C(=O)CCC[C@@H]21. The first kappa shape index (κ1) is 20.2. The van der Waals surface area contributed by atoms with Crippen LogP contribution in [0.4, 0.5) is 0 Å². The third-order valence-corrected chi connectivity index (χ3v) is 6.95. The van der Waals surface area contributed by atoms with E-state index in [-0.39, 0.29) is 18.0 Å². The molecule has 3 aliphatic rings. The summed E-state index contributed by atoms with van der Waals surface area (Å²) in [5, 5.41) is 0. The fourth-order valence-corrected chi connectivity index (χ4v) is 5.63. The van der Waals surface area contributed by atoms with Gasteiger partial charge >= 0.3 is 0 Å². The third-order valence-electron chi connectivity index (χ3n) is 6.95. The van der Waals surface area contributed by atoms with E-state index in [1.165, 1.54) is 5.56 Å². The quantitative estimate of drug-likeness (QED) is 0.736. The van der Waals surface area contributed by atoms with Crippen LogP contribution in [0.3, 0.4) is 0 Å². The number of hydrogen-bond donors (Lipinski definition) is 0. The number of amides is 2. The van der Waals surface area contributed by atoms with Crippen molar-refractivity contribution in [1.29, 1.82) is 0 Å². The van der Waals surface area contributed by atoms with Gasteiger partial charge in [0.05, 0.1) is 20.1 Å². The number of benzene rings is 1. The minimum Gasteiger partial charge on any atom is -0.497 e. The largest absolute Gasteiger partial charge is 0.497 e. The summed E-state index contributed by atoms with van der Waals surface area (Å²) >= 11 is 0. The molecule has 2 amide bonds. The second-order valence-corrected chi connectivity index (χ2v) is 8.68. The smallest absolute Gasteiger partial charge is 0.224 e. The zero-order chi connectivity index (χ0) is 20.4. The van der Waals surface area contributed by atoms with E-state index < -0.39 is 0 Å². The van der Waals surface area contributed by atoms with Gasteiger partial charge in [0.25, 0.3) is 0 Å². The van der Waals surface area contributed by atoms with Crippen molar-refractivity contribution in [1.82, 2.24) is 9.80 Å². The minimum absolute atomic E-state index is 0.147. The van der Waals surface area contributed by atoms with Crippen LogP contribution >= 0.6 is 0 Å². The van der Waals surface area contributed by atoms with E-state index in [1.807, 2.05) is 17.0 Å². The van der Waals surface area contributed by atoms with Crippen molar-refractivity contribution in [2.75, 3.05) is 33.9 Å². The van der Waals surface area contributed by atoms with Crippen LogP contribution in [-0.4, -0.2) is 67.6 Å². The van der Waals surface area contributed by atoms with Gasteiger partial charge in [0.15, 0.2) is 0 Å². The zero-order valence-electron chi connectivity index (χ0n) is 17.5. The van der Waals surface area contributed by atoms with Gasteiger partial charge in [-0.3, -0.25) is 9.59 Å². The molecule has 0 aliphatic carbocycles. The number of nitrogens with zero attached hydrogens (tertiary/aromatic N) is 2. The maximum Gasteiger partial charge on any atom is 0.224 e. The first-order valence-electron chi connectivity index (χ1n) is 10.8. The topological polar surface area (TPSA) is 59.1 Å². The highest BCUT2D eigenvalue weighted by Gasteiger charge is 2.49. The summed E-state index contributed by atoms with van der Waals surface area (Å²) in [6, 6.07) is 8.56. The average Bonchev–Trinajstić information content (AvgIpc) is 2.75. The van der Waals surface area contributed by atoms with E-state index in [9.17, 15) is 9.59 Å². The molecule has 1 aromatic rings. The van der Waals surface area contributed by atoms with Crippen LogP contribution < -0.4 is 4.74 Å². The Morgan fingerprint density at radius 3 is 2.83 bits per heavy atom.